The lowest BCUT2D eigenvalue weighted by Crippen LogP contribution is -2.45. The Labute approximate surface area is 189 Å². The molecular weight excluding hydrogens is 438 g/mol. The summed E-state index contributed by atoms with van der Waals surface area (Å²) in [5.74, 6) is -0.868. The number of esters is 1. The maximum absolute atomic E-state index is 12.7. The highest BCUT2D eigenvalue weighted by atomic mass is 35.5. The minimum absolute atomic E-state index is 0.0751. The number of rotatable bonds is 6. The summed E-state index contributed by atoms with van der Waals surface area (Å²) in [6.07, 6.45) is 0.0751. The third-order valence-electron chi connectivity index (χ3n) is 4.44. The van der Waals surface area contributed by atoms with E-state index in [0.29, 0.717) is 40.3 Å². The van der Waals surface area contributed by atoms with Gasteiger partial charge in [-0.2, -0.15) is 0 Å². The molecule has 31 heavy (non-hydrogen) atoms. The number of hydrogen-bond donors (Lipinski definition) is 1. The van der Waals surface area contributed by atoms with Gasteiger partial charge >= 0.3 is 5.97 Å². The molecule has 0 aromatic heterocycles. The van der Waals surface area contributed by atoms with E-state index in [1.807, 2.05) is 6.92 Å². The molecule has 1 fully saturated rings. The van der Waals surface area contributed by atoms with Crippen LogP contribution in [0.25, 0.3) is 0 Å². The number of carbonyl (C=O) groups is 3. The molecule has 7 nitrogen and oxygen atoms in total. The smallest absolute Gasteiger partial charge is 0.338 e. The number of aliphatic imine (C=N–C) groups is 1. The number of nitrogens with zero attached hydrogens (tertiary/aromatic N) is 2. The molecule has 2 aromatic rings. The van der Waals surface area contributed by atoms with Gasteiger partial charge in [0.25, 0.3) is 0 Å². The van der Waals surface area contributed by atoms with Crippen molar-refractivity contribution in [3.63, 3.8) is 0 Å². The van der Waals surface area contributed by atoms with Gasteiger partial charge in [-0.1, -0.05) is 29.4 Å². The van der Waals surface area contributed by atoms with Crippen LogP contribution in [0.15, 0.2) is 53.5 Å². The maximum Gasteiger partial charge on any atom is 0.338 e. The van der Waals surface area contributed by atoms with Gasteiger partial charge in [0, 0.05) is 23.7 Å². The van der Waals surface area contributed by atoms with Crippen molar-refractivity contribution in [1.82, 2.24) is 4.90 Å². The van der Waals surface area contributed by atoms with Crippen molar-refractivity contribution in [2.45, 2.75) is 25.5 Å². The molecule has 0 saturated carbocycles. The zero-order valence-electron chi connectivity index (χ0n) is 17.1. The highest BCUT2D eigenvalue weighted by Crippen LogP contribution is 2.30. The Morgan fingerprint density at radius 2 is 1.97 bits per heavy atom. The number of amidine groups is 1. The van der Waals surface area contributed by atoms with E-state index in [-0.39, 0.29) is 18.2 Å². The van der Waals surface area contributed by atoms with Crippen molar-refractivity contribution in [3.05, 3.63) is 59.1 Å². The Kier molecular flexibility index (Phi) is 7.70. The van der Waals surface area contributed by atoms with Crippen molar-refractivity contribution >= 4 is 57.7 Å². The number of nitrogens with one attached hydrogen (secondary N) is 1. The van der Waals surface area contributed by atoms with E-state index in [0.717, 1.165) is 0 Å². The zero-order chi connectivity index (χ0) is 22.4. The third kappa shape index (κ3) is 5.86. The number of benzene rings is 2. The molecule has 1 atom stereocenters. The number of carbonyl (C=O) groups excluding carboxylic acids is 3. The minimum atomic E-state index is -0.619. The lowest BCUT2D eigenvalue weighted by atomic mass is 10.2. The Hall–Kier alpha value is -2.84. The highest BCUT2D eigenvalue weighted by Gasteiger charge is 2.35. The first-order valence-electron chi connectivity index (χ1n) is 9.80. The SMILES string of the molecule is CCOC(=O)c1ccc(N=C2S[C@@H](C(=O)Nc3cccc(Cl)c3)CC(=O)N2CC)cc1. The molecule has 0 spiro atoms. The lowest BCUT2D eigenvalue weighted by Gasteiger charge is -2.30. The largest absolute Gasteiger partial charge is 0.462 e. The second-order valence-electron chi connectivity index (χ2n) is 6.61. The quantitative estimate of drug-likeness (QED) is 0.642. The van der Waals surface area contributed by atoms with Crippen molar-refractivity contribution in [1.29, 1.82) is 0 Å². The Morgan fingerprint density at radius 1 is 1.23 bits per heavy atom. The fraction of sp³-hybridized carbons (Fsp3) is 0.273. The van der Waals surface area contributed by atoms with Gasteiger partial charge in [-0.15, -0.1) is 0 Å². The molecule has 9 heteroatoms. The fourth-order valence-corrected chi connectivity index (χ4v) is 4.29. The summed E-state index contributed by atoms with van der Waals surface area (Å²) < 4.78 is 4.98. The van der Waals surface area contributed by atoms with Gasteiger partial charge in [-0.25, -0.2) is 9.79 Å². The molecule has 162 valence electrons. The molecule has 1 saturated heterocycles. The summed E-state index contributed by atoms with van der Waals surface area (Å²) in [4.78, 5) is 43.3. The van der Waals surface area contributed by atoms with Crippen LogP contribution in [0, 0.1) is 0 Å². The van der Waals surface area contributed by atoms with E-state index in [4.69, 9.17) is 16.3 Å². The summed E-state index contributed by atoms with van der Waals surface area (Å²) in [7, 11) is 0. The van der Waals surface area contributed by atoms with Crippen LogP contribution in [0.4, 0.5) is 11.4 Å². The van der Waals surface area contributed by atoms with Crippen LogP contribution in [-0.2, 0) is 14.3 Å². The number of thioether (sulfide) groups is 1. The van der Waals surface area contributed by atoms with Gasteiger partial charge in [-0.05, 0) is 56.3 Å². The molecule has 1 N–H and O–H groups in total. The van der Waals surface area contributed by atoms with Crippen LogP contribution in [0.1, 0.15) is 30.6 Å². The summed E-state index contributed by atoms with van der Waals surface area (Å²) in [5, 5.41) is 3.13. The van der Waals surface area contributed by atoms with Crippen LogP contribution >= 0.6 is 23.4 Å². The molecule has 0 aliphatic carbocycles. The lowest BCUT2D eigenvalue weighted by molar-refractivity contribution is -0.129. The molecule has 1 heterocycles. The van der Waals surface area contributed by atoms with E-state index in [1.165, 1.54) is 11.8 Å². The monoisotopic (exact) mass is 459 g/mol. The Bertz CT molecular complexity index is 1010. The van der Waals surface area contributed by atoms with E-state index in [9.17, 15) is 14.4 Å². The number of anilines is 1. The molecule has 2 aromatic carbocycles. The number of ether oxygens (including phenoxy) is 1. The zero-order valence-corrected chi connectivity index (χ0v) is 18.7. The van der Waals surface area contributed by atoms with E-state index < -0.39 is 11.2 Å². The van der Waals surface area contributed by atoms with E-state index in [2.05, 4.69) is 10.3 Å². The first-order valence-corrected chi connectivity index (χ1v) is 11.1. The molecule has 1 aliphatic rings. The number of hydrogen-bond acceptors (Lipinski definition) is 6. The van der Waals surface area contributed by atoms with Crippen LogP contribution in [0.3, 0.4) is 0 Å². The average Bonchev–Trinajstić information content (AvgIpc) is 2.74. The molecule has 1 aliphatic heterocycles. The van der Waals surface area contributed by atoms with Crippen molar-refractivity contribution in [2.24, 2.45) is 4.99 Å². The van der Waals surface area contributed by atoms with Crippen molar-refractivity contribution in [3.8, 4) is 0 Å². The van der Waals surface area contributed by atoms with Gasteiger partial charge in [0.2, 0.25) is 11.8 Å². The molecule has 0 radical (unpaired) electrons. The van der Waals surface area contributed by atoms with Gasteiger partial charge in [0.15, 0.2) is 5.17 Å². The van der Waals surface area contributed by atoms with Gasteiger partial charge < -0.3 is 10.1 Å². The third-order valence-corrected chi connectivity index (χ3v) is 5.87. The summed E-state index contributed by atoms with van der Waals surface area (Å²) in [5.41, 5.74) is 1.55. The average molecular weight is 460 g/mol. The van der Waals surface area contributed by atoms with Crippen molar-refractivity contribution in [2.75, 3.05) is 18.5 Å². The van der Waals surface area contributed by atoms with Gasteiger partial charge in [-0.3, -0.25) is 14.5 Å². The molecule has 3 rings (SSSR count). The van der Waals surface area contributed by atoms with Gasteiger partial charge in [0.05, 0.1) is 17.9 Å². The normalized spacial score (nSPS) is 17.5. The summed E-state index contributed by atoms with van der Waals surface area (Å²) in [6, 6.07) is 13.4. The second kappa shape index (κ2) is 10.5. The highest BCUT2D eigenvalue weighted by molar-refractivity contribution is 8.15. The predicted molar refractivity (Wildman–Crippen MR) is 123 cm³/mol. The first kappa shape index (κ1) is 22.8. The van der Waals surface area contributed by atoms with Crippen LogP contribution in [0.2, 0.25) is 5.02 Å². The van der Waals surface area contributed by atoms with Crippen LogP contribution < -0.4 is 5.32 Å². The fourth-order valence-electron chi connectivity index (χ4n) is 2.94. The second-order valence-corrected chi connectivity index (χ2v) is 8.22. The van der Waals surface area contributed by atoms with Crippen LogP contribution in [-0.4, -0.2) is 46.3 Å². The number of halogens is 1. The van der Waals surface area contributed by atoms with Crippen LogP contribution in [0.5, 0.6) is 0 Å². The minimum Gasteiger partial charge on any atom is -0.462 e. The molecule has 2 amide bonds. The summed E-state index contributed by atoms with van der Waals surface area (Å²) >= 11 is 7.20. The molecule has 0 unspecified atom stereocenters. The standard InChI is InChI=1S/C22H22ClN3O4S/c1-3-26-19(27)13-18(20(28)24-17-7-5-6-15(23)12-17)31-22(26)25-16-10-8-14(9-11-16)21(29)30-4-2/h5-12,18H,3-4,13H2,1-2H3,(H,24,28)/t18-/m1/s1. The summed E-state index contributed by atoms with van der Waals surface area (Å²) in [6.45, 7) is 4.33. The molecule has 0 bridgehead atoms. The molecular formula is C22H22ClN3O4S. The maximum atomic E-state index is 12.7. The number of amides is 2. The van der Waals surface area contributed by atoms with Crippen molar-refractivity contribution < 1.29 is 19.1 Å². The predicted octanol–water partition coefficient (Wildman–Crippen LogP) is 4.50. The Morgan fingerprint density at radius 3 is 2.61 bits per heavy atom. The Balaban J connectivity index is 1.78. The van der Waals surface area contributed by atoms with E-state index >= 15 is 0 Å². The first-order chi connectivity index (χ1) is 14.9. The van der Waals surface area contributed by atoms with E-state index in [1.54, 1.807) is 60.4 Å². The van der Waals surface area contributed by atoms with Gasteiger partial charge in [0.1, 0.15) is 5.25 Å². The topological polar surface area (TPSA) is 88.1 Å².